The van der Waals surface area contributed by atoms with Gasteiger partial charge < -0.3 is 5.11 Å². The van der Waals surface area contributed by atoms with Crippen molar-refractivity contribution < 1.29 is 13.5 Å². The number of piperidine rings is 1. The highest BCUT2D eigenvalue weighted by Crippen LogP contribution is 2.23. The van der Waals surface area contributed by atoms with Crippen molar-refractivity contribution in [3.63, 3.8) is 0 Å². The van der Waals surface area contributed by atoms with Crippen molar-refractivity contribution >= 4 is 22.0 Å². The van der Waals surface area contributed by atoms with Gasteiger partial charge in [-0.25, -0.2) is 0 Å². The Labute approximate surface area is 115 Å². The van der Waals surface area contributed by atoms with Crippen molar-refractivity contribution in [1.29, 1.82) is 0 Å². The molecule has 2 atom stereocenters. The Morgan fingerprint density at radius 3 is 2.72 bits per heavy atom. The Hall–Kier alpha value is 0.180. The maximum absolute atomic E-state index is 12.5. The van der Waals surface area contributed by atoms with Gasteiger partial charge in [0.05, 0.1) is 6.61 Å². The van der Waals surface area contributed by atoms with Crippen LogP contribution in [0.3, 0.4) is 0 Å². The summed E-state index contributed by atoms with van der Waals surface area (Å²) in [4.78, 5) is 0. The van der Waals surface area contributed by atoms with Crippen LogP contribution in [-0.2, 0) is 10.2 Å². The fourth-order valence-corrected chi connectivity index (χ4v) is 4.77. The predicted molar refractivity (Wildman–Crippen MR) is 76.0 cm³/mol. The van der Waals surface area contributed by atoms with E-state index in [-0.39, 0.29) is 18.7 Å². The monoisotopic (exact) mass is 296 g/mol. The highest BCUT2D eigenvalue weighted by atomic mass is 32.2. The van der Waals surface area contributed by atoms with Crippen LogP contribution in [0, 0.1) is 0 Å². The lowest BCUT2D eigenvalue weighted by atomic mass is 10.1. The zero-order chi connectivity index (χ0) is 13.8. The first-order chi connectivity index (χ1) is 8.45. The molecule has 1 aliphatic heterocycles. The lowest BCUT2D eigenvalue weighted by Crippen LogP contribution is -2.53. The Balaban J connectivity index is 2.83. The molecule has 0 saturated carbocycles. The van der Waals surface area contributed by atoms with Gasteiger partial charge >= 0.3 is 0 Å². The minimum absolute atomic E-state index is 0.0359. The third-order valence-electron chi connectivity index (χ3n) is 3.47. The smallest absolute Gasteiger partial charge is 0.282 e. The summed E-state index contributed by atoms with van der Waals surface area (Å²) in [5.41, 5.74) is 0. The molecule has 0 amide bonds. The molecule has 0 spiro atoms. The van der Waals surface area contributed by atoms with E-state index in [1.54, 1.807) is 18.8 Å². The van der Waals surface area contributed by atoms with E-state index in [1.165, 1.54) is 8.61 Å². The summed E-state index contributed by atoms with van der Waals surface area (Å²) in [5, 5.41) is 9.32. The fourth-order valence-electron chi connectivity index (χ4n) is 2.20. The van der Waals surface area contributed by atoms with Gasteiger partial charge in [0.15, 0.2) is 0 Å². The quantitative estimate of drug-likeness (QED) is 0.786. The van der Waals surface area contributed by atoms with E-state index in [4.69, 9.17) is 0 Å². The normalized spacial score (nSPS) is 24.4. The largest absolute Gasteiger partial charge is 0.395 e. The summed E-state index contributed by atoms with van der Waals surface area (Å²) in [6.45, 7) is 2.33. The van der Waals surface area contributed by atoms with Crippen LogP contribution in [0.1, 0.15) is 26.2 Å². The van der Waals surface area contributed by atoms with Gasteiger partial charge in [0.1, 0.15) is 0 Å². The van der Waals surface area contributed by atoms with Crippen LogP contribution in [0.4, 0.5) is 0 Å². The molecule has 2 unspecified atom stereocenters. The highest BCUT2D eigenvalue weighted by molar-refractivity contribution is 7.98. The van der Waals surface area contributed by atoms with Crippen molar-refractivity contribution in [2.45, 2.75) is 38.3 Å². The molecule has 1 heterocycles. The molecule has 18 heavy (non-hydrogen) atoms. The molecule has 7 heteroatoms. The molecule has 1 aliphatic rings. The number of aliphatic hydroxyl groups is 1. The first kappa shape index (κ1) is 16.2. The second kappa shape index (κ2) is 7.09. The number of rotatable bonds is 6. The molecule has 1 saturated heterocycles. The van der Waals surface area contributed by atoms with E-state index in [2.05, 4.69) is 0 Å². The molecule has 0 aromatic carbocycles. The Kier molecular flexibility index (Phi) is 6.40. The van der Waals surface area contributed by atoms with Crippen molar-refractivity contribution in [3.8, 4) is 0 Å². The maximum Gasteiger partial charge on any atom is 0.282 e. The number of hydrogen-bond acceptors (Lipinski definition) is 4. The van der Waals surface area contributed by atoms with Crippen molar-refractivity contribution in [2.75, 3.05) is 32.2 Å². The number of nitrogens with zero attached hydrogens (tertiary/aromatic N) is 2. The van der Waals surface area contributed by atoms with Crippen LogP contribution in [0.5, 0.6) is 0 Å². The lowest BCUT2D eigenvalue weighted by Gasteiger charge is -2.37. The van der Waals surface area contributed by atoms with Gasteiger partial charge in [0.2, 0.25) is 0 Å². The molecule has 1 N–H and O–H groups in total. The van der Waals surface area contributed by atoms with Crippen molar-refractivity contribution in [1.82, 2.24) is 8.61 Å². The predicted octanol–water partition coefficient (Wildman–Crippen LogP) is 0.761. The molecule has 5 nitrogen and oxygen atoms in total. The molecular weight excluding hydrogens is 272 g/mol. The van der Waals surface area contributed by atoms with Crippen LogP contribution < -0.4 is 0 Å². The standard InChI is InChI=1S/C11H24N2O3S2/c1-10(9-17-3)12(2)18(15,16)13-7-5-4-6-11(13)8-14/h10-11,14H,4-9H2,1-3H3. The summed E-state index contributed by atoms with van der Waals surface area (Å²) >= 11 is 1.63. The third kappa shape index (κ3) is 3.60. The molecule has 0 bridgehead atoms. The molecule has 0 aromatic heterocycles. The van der Waals surface area contributed by atoms with Gasteiger partial charge in [0, 0.05) is 31.4 Å². The lowest BCUT2D eigenvalue weighted by molar-refractivity contribution is 0.147. The van der Waals surface area contributed by atoms with Gasteiger partial charge in [-0.2, -0.15) is 28.8 Å². The summed E-state index contributed by atoms with van der Waals surface area (Å²) in [5.74, 6) is 0.771. The van der Waals surface area contributed by atoms with E-state index < -0.39 is 10.2 Å². The second-order valence-electron chi connectivity index (χ2n) is 4.77. The average molecular weight is 296 g/mol. The van der Waals surface area contributed by atoms with Gasteiger partial charge in [-0.1, -0.05) is 6.42 Å². The first-order valence-electron chi connectivity index (χ1n) is 6.29. The zero-order valence-corrected chi connectivity index (χ0v) is 13.0. The van der Waals surface area contributed by atoms with Crippen LogP contribution in [0.25, 0.3) is 0 Å². The van der Waals surface area contributed by atoms with E-state index in [9.17, 15) is 13.5 Å². The molecule has 1 fully saturated rings. The zero-order valence-electron chi connectivity index (χ0n) is 11.4. The number of aliphatic hydroxyl groups excluding tert-OH is 1. The van der Waals surface area contributed by atoms with Crippen molar-refractivity contribution in [2.24, 2.45) is 0 Å². The van der Waals surface area contributed by atoms with Crippen LogP contribution in [0.2, 0.25) is 0 Å². The second-order valence-corrected chi connectivity index (χ2v) is 7.62. The van der Waals surface area contributed by atoms with Crippen LogP contribution >= 0.6 is 11.8 Å². The average Bonchev–Trinajstić information content (AvgIpc) is 2.38. The minimum atomic E-state index is -3.45. The molecule has 0 radical (unpaired) electrons. The molecule has 0 aromatic rings. The van der Waals surface area contributed by atoms with E-state index in [0.717, 1.165) is 25.0 Å². The minimum Gasteiger partial charge on any atom is -0.395 e. The Morgan fingerprint density at radius 2 is 2.17 bits per heavy atom. The summed E-state index contributed by atoms with van der Waals surface area (Å²) in [6, 6.07) is -0.293. The fraction of sp³-hybridized carbons (Fsp3) is 1.00. The number of hydrogen-bond donors (Lipinski definition) is 1. The number of thioether (sulfide) groups is 1. The summed E-state index contributed by atoms with van der Waals surface area (Å²) < 4.78 is 27.9. The third-order valence-corrected chi connectivity index (χ3v) is 6.45. The van der Waals surface area contributed by atoms with Gasteiger partial charge in [-0.05, 0) is 26.0 Å². The van der Waals surface area contributed by atoms with Crippen LogP contribution in [-0.4, -0.2) is 66.4 Å². The first-order valence-corrected chi connectivity index (χ1v) is 9.08. The SMILES string of the molecule is CSCC(C)N(C)S(=O)(=O)N1CCCCC1CO. The maximum atomic E-state index is 12.5. The summed E-state index contributed by atoms with van der Waals surface area (Å²) in [6.07, 6.45) is 4.58. The molecule has 108 valence electrons. The van der Waals surface area contributed by atoms with Gasteiger partial charge in [-0.3, -0.25) is 0 Å². The summed E-state index contributed by atoms with van der Waals surface area (Å²) in [7, 11) is -1.83. The van der Waals surface area contributed by atoms with Gasteiger partial charge in [-0.15, -0.1) is 0 Å². The van der Waals surface area contributed by atoms with Crippen LogP contribution in [0.15, 0.2) is 0 Å². The van der Waals surface area contributed by atoms with E-state index >= 15 is 0 Å². The van der Waals surface area contributed by atoms with Crippen molar-refractivity contribution in [3.05, 3.63) is 0 Å². The van der Waals surface area contributed by atoms with Gasteiger partial charge in [0.25, 0.3) is 10.2 Å². The molecular formula is C11H24N2O3S2. The topological polar surface area (TPSA) is 60.9 Å². The Bertz CT molecular complexity index is 348. The van der Waals surface area contributed by atoms with E-state index in [1.807, 2.05) is 13.2 Å². The highest BCUT2D eigenvalue weighted by Gasteiger charge is 2.36. The molecule has 0 aliphatic carbocycles. The molecule has 1 rings (SSSR count). The van der Waals surface area contributed by atoms with E-state index in [0.29, 0.717) is 6.54 Å². The Morgan fingerprint density at radius 1 is 1.50 bits per heavy atom.